The lowest BCUT2D eigenvalue weighted by atomic mass is 9.81. The first-order chi connectivity index (χ1) is 8.76. The van der Waals surface area contributed by atoms with Crippen molar-refractivity contribution in [2.75, 3.05) is 31.6 Å². The number of thioether (sulfide) groups is 1. The molecule has 3 heteroatoms. The molecule has 1 saturated heterocycles. The van der Waals surface area contributed by atoms with Gasteiger partial charge in [0, 0.05) is 18.1 Å². The molecule has 0 amide bonds. The molecule has 2 rings (SSSR count). The van der Waals surface area contributed by atoms with Crippen LogP contribution in [0.3, 0.4) is 0 Å². The van der Waals surface area contributed by atoms with Crippen LogP contribution in [-0.4, -0.2) is 48.1 Å². The van der Waals surface area contributed by atoms with Gasteiger partial charge in [-0.05, 0) is 57.7 Å². The van der Waals surface area contributed by atoms with E-state index >= 15 is 0 Å². The first kappa shape index (κ1) is 14.7. The Bertz CT molecular complexity index is 239. The average molecular weight is 270 g/mol. The van der Waals surface area contributed by atoms with E-state index in [9.17, 15) is 0 Å². The van der Waals surface area contributed by atoms with Gasteiger partial charge in [0.15, 0.2) is 0 Å². The zero-order valence-electron chi connectivity index (χ0n) is 12.2. The van der Waals surface area contributed by atoms with Crippen molar-refractivity contribution in [2.45, 2.75) is 63.5 Å². The zero-order chi connectivity index (χ0) is 12.8. The smallest absolute Gasteiger partial charge is 0.0308 e. The zero-order valence-corrected chi connectivity index (χ0v) is 13.0. The van der Waals surface area contributed by atoms with E-state index in [0.29, 0.717) is 5.54 Å². The fraction of sp³-hybridized carbons (Fsp3) is 1.00. The predicted octanol–water partition coefficient (Wildman–Crippen LogP) is 3.13. The van der Waals surface area contributed by atoms with Crippen LogP contribution >= 0.6 is 11.8 Å². The largest absolute Gasteiger partial charge is 0.310 e. The van der Waals surface area contributed by atoms with Gasteiger partial charge in [-0.1, -0.05) is 19.3 Å². The van der Waals surface area contributed by atoms with E-state index in [4.69, 9.17) is 0 Å². The Labute approximate surface area is 117 Å². The number of hydrogen-bond acceptors (Lipinski definition) is 3. The van der Waals surface area contributed by atoms with Crippen LogP contribution in [-0.2, 0) is 0 Å². The molecule has 1 aliphatic carbocycles. The third kappa shape index (κ3) is 3.88. The Morgan fingerprint density at radius 1 is 1.22 bits per heavy atom. The molecule has 2 aliphatic rings. The normalized spacial score (nSPS) is 27.0. The van der Waals surface area contributed by atoms with Crippen molar-refractivity contribution >= 4 is 11.8 Å². The minimum atomic E-state index is 0.461. The number of hydrogen-bond donors (Lipinski definition) is 1. The molecule has 0 radical (unpaired) electrons. The van der Waals surface area contributed by atoms with Crippen molar-refractivity contribution < 1.29 is 0 Å². The highest BCUT2D eigenvalue weighted by Crippen LogP contribution is 2.31. The molecular formula is C15H30N2S. The second kappa shape index (κ2) is 7.16. The minimum absolute atomic E-state index is 0.461. The molecule has 2 nitrogen and oxygen atoms in total. The Morgan fingerprint density at radius 2 is 2.00 bits per heavy atom. The second-order valence-electron chi connectivity index (χ2n) is 6.22. The van der Waals surface area contributed by atoms with Gasteiger partial charge in [-0.15, -0.1) is 0 Å². The summed E-state index contributed by atoms with van der Waals surface area (Å²) in [4.78, 5) is 2.77. The molecule has 1 unspecified atom stereocenters. The summed E-state index contributed by atoms with van der Waals surface area (Å²) in [5.74, 6) is 1.30. The van der Waals surface area contributed by atoms with E-state index in [1.54, 1.807) is 0 Å². The van der Waals surface area contributed by atoms with E-state index in [1.807, 2.05) is 11.8 Å². The SMILES string of the molecule is CSCCC(C)N1CCCNC2(CCCCC2)C1. The summed E-state index contributed by atoms with van der Waals surface area (Å²) >= 11 is 1.98. The third-order valence-corrected chi connectivity index (χ3v) is 5.45. The van der Waals surface area contributed by atoms with Crippen LogP contribution < -0.4 is 5.32 Å². The van der Waals surface area contributed by atoms with Gasteiger partial charge in [0.25, 0.3) is 0 Å². The number of rotatable bonds is 4. The average Bonchev–Trinajstić information content (AvgIpc) is 2.60. The molecule has 106 valence electrons. The van der Waals surface area contributed by atoms with E-state index in [0.717, 1.165) is 6.04 Å². The first-order valence-corrected chi connectivity index (χ1v) is 9.13. The van der Waals surface area contributed by atoms with E-state index < -0.39 is 0 Å². The van der Waals surface area contributed by atoms with E-state index in [1.165, 1.54) is 70.3 Å². The molecular weight excluding hydrogens is 240 g/mol. The highest BCUT2D eigenvalue weighted by atomic mass is 32.2. The quantitative estimate of drug-likeness (QED) is 0.845. The molecule has 0 aromatic heterocycles. The van der Waals surface area contributed by atoms with Gasteiger partial charge in [-0.25, -0.2) is 0 Å². The Balaban J connectivity index is 1.93. The van der Waals surface area contributed by atoms with Gasteiger partial charge in [0.05, 0.1) is 0 Å². The summed E-state index contributed by atoms with van der Waals surface area (Å²) in [5.41, 5.74) is 0.461. The van der Waals surface area contributed by atoms with Crippen LogP contribution in [0.2, 0.25) is 0 Å². The molecule has 2 fully saturated rings. The van der Waals surface area contributed by atoms with Gasteiger partial charge < -0.3 is 5.32 Å². The Morgan fingerprint density at radius 3 is 2.72 bits per heavy atom. The van der Waals surface area contributed by atoms with Gasteiger partial charge in [-0.3, -0.25) is 4.90 Å². The molecule has 1 heterocycles. The standard InChI is InChI=1S/C15H30N2S/c1-14(7-12-18-2)17-11-6-10-16-15(13-17)8-4-3-5-9-15/h14,16H,3-13H2,1-2H3. The van der Waals surface area contributed by atoms with Crippen molar-refractivity contribution in [3.8, 4) is 0 Å². The fourth-order valence-electron chi connectivity index (χ4n) is 3.57. The molecule has 0 bridgehead atoms. The van der Waals surface area contributed by atoms with Crippen LogP contribution in [0.5, 0.6) is 0 Å². The van der Waals surface area contributed by atoms with Gasteiger partial charge >= 0.3 is 0 Å². The summed E-state index contributed by atoms with van der Waals surface area (Å²) in [6, 6.07) is 0.760. The van der Waals surface area contributed by atoms with Crippen molar-refractivity contribution in [1.82, 2.24) is 10.2 Å². The first-order valence-electron chi connectivity index (χ1n) is 7.74. The number of nitrogens with one attached hydrogen (secondary N) is 1. The molecule has 0 aromatic carbocycles. The predicted molar refractivity (Wildman–Crippen MR) is 82.5 cm³/mol. The maximum absolute atomic E-state index is 3.89. The number of nitrogens with zero attached hydrogens (tertiary/aromatic N) is 1. The lowest BCUT2D eigenvalue weighted by Crippen LogP contribution is -2.54. The minimum Gasteiger partial charge on any atom is -0.310 e. The van der Waals surface area contributed by atoms with E-state index in [-0.39, 0.29) is 0 Å². The Hall–Kier alpha value is 0.270. The second-order valence-corrected chi connectivity index (χ2v) is 7.21. The maximum Gasteiger partial charge on any atom is 0.0308 e. The summed E-state index contributed by atoms with van der Waals surface area (Å²) in [6.07, 6.45) is 12.0. The molecule has 1 atom stereocenters. The topological polar surface area (TPSA) is 15.3 Å². The van der Waals surface area contributed by atoms with Gasteiger partial charge in [0.2, 0.25) is 0 Å². The highest BCUT2D eigenvalue weighted by molar-refractivity contribution is 7.98. The molecule has 0 aromatic rings. The Kier molecular flexibility index (Phi) is 5.84. The monoisotopic (exact) mass is 270 g/mol. The van der Waals surface area contributed by atoms with Crippen molar-refractivity contribution in [2.24, 2.45) is 0 Å². The summed E-state index contributed by atoms with van der Waals surface area (Å²) in [6.45, 7) is 6.25. The summed E-state index contributed by atoms with van der Waals surface area (Å²) in [5, 5.41) is 3.89. The lowest BCUT2D eigenvalue weighted by molar-refractivity contribution is 0.132. The third-order valence-electron chi connectivity index (χ3n) is 4.80. The summed E-state index contributed by atoms with van der Waals surface area (Å²) < 4.78 is 0. The van der Waals surface area contributed by atoms with Crippen LogP contribution in [0.15, 0.2) is 0 Å². The van der Waals surface area contributed by atoms with Crippen LogP contribution in [0.4, 0.5) is 0 Å². The molecule has 1 spiro atoms. The summed E-state index contributed by atoms with van der Waals surface area (Å²) in [7, 11) is 0. The molecule has 18 heavy (non-hydrogen) atoms. The van der Waals surface area contributed by atoms with E-state index in [2.05, 4.69) is 23.4 Å². The van der Waals surface area contributed by atoms with Crippen LogP contribution in [0, 0.1) is 0 Å². The lowest BCUT2D eigenvalue weighted by Gasteiger charge is -2.41. The van der Waals surface area contributed by atoms with Gasteiger partial charge in [-0.2, -0.15) is 11.8 Å². The van der Waals surface area contributed by atoms with Gasteiger partial charge in [0.1, 0.15) is 0 Å². The van der Waals surface area contributed by atoms with Crippen molar-refractivity contribution in [3.63, 3.8) is 0 Å². The maximum atomic E-state index is 3.89. The fourth-order valence-corrected chi connectivity index (χ4v) is 4.15. The van der Waals surface area contributed by atoms with Crippen LogP contribution in [0.1, 0.15) is 51.9 Å². The molecule has 1 aliphatic heterocycles. The molecule has 1 saturated carbocycles. The highest BCUT2D eigenvalue weighted by Gasteiger charge is 2.35. The molecule has 1 N–H and O–H groups in total. The van der Waals surface area contributed by atoms with Crippen molar-refractivity contribution in [1.29, 1.82) is 0 Å². The van der Waals surface area contributed by atoms with Crippen LogP contribution in [0.25, 0.3) is 0 Å². The van der Waals surface area contributed by atoms with Crippen molar-refractivity contribution in [3.05, 3.63) is 0 Å².